The van der Waals surface area contributed by atoms with Crippen LogP contribution in [0.1, 0.15) is 40.0 Å². The maximum Gasteiger partial charge on any atom is 0.354 e. The van der Waals surface area contributed by atoms with E-state index in [1.165, 1.54) is 17.2 Å². The highest BCUT2D eigenvalue weighted by molar-refractivity contribution is 7.93. The number of fused-ring (bicyclic) bond motifs is 2. The number of nitrogens with zero attached hydrogens (tertiary/aromatic N) is 2. The van der Waals surface area contributed by atoms with Crippen molar-refractivity contribution in [3.05, 3.63) is 45.1 Å². The lowest BCUT2D eigenvalue weighted by Crippen LogP contribution is -2.35. The van der Waals surface area contributed by atoms with Gasteiger partial charge in [-0.15, -0.1) is 15.7 Å². The Balaban J connectivity index is 1.40. The van der Waals surface area contributed by atoms with Gasteiger partial charge in [-0.3, -0.25) is 4.90 Å². The average molecular weight is 435 g/mol. The van der Waals surface area contributed by atoms with Gasteiger partial charge in [0.25, 0.3) is 0 Å². The Labute approximate surface area is 173 Å². The van der Waals surface area contributed by atoms with Crippen molar-refractivity contribution in [2.24, 2.45) is 9.50 Å². The molecule has 3 aliphatic rings. The minimum atomic E-state index is -3.65. The highest BCUT2D eigenvalue weighted by Gasteiger charge is 2.27. The van der Waals surface area contributed by atoms with Gasteiger partial charge in [0.05, 0.1) is 0 Å². The molecule has 2 heterocycles. The molecule has 6 nitrogen and oxygen atoms in total. The van der Waals surface area contributed by atoms with Crippen molar-refractivity contribution >= 4 is 33.0 Å². The van der Waals surface area contributed by atoms with Gasteiger partial charge in [-0.05, 0) is 79.9 Å². The third-order valence-electron chi connectivity index (χ3n) is 6.00. The fraction of sp³-hybridized carbons (Fsp3) is 0.450. The summed E-state index contributed by atoms with van der Waals surface area (Å²) in [6.45, 7) is 2.56. The van der Waals surface area contributed by atoms with Crippen LogP contribution >= 0.6 is 11.3 Å². The molecule has 154 valence electrons. The molecule has 1 aromatic heterocycles. The molecular formula is C20H23FN4O2S2. The summed E-state index contributed by atoms with van der Waals surface area (Å²) in [5, 5.41) is 8.65. The van der Waals surface area contributed by atoms with Gasteiger partial charge in [-0.1, -0.05) is 6.07 Å². The molecule has 2 aromatic rings. The number of likely N-dealkylation sites (tertiary alicyclic amines) is 1. The van der Waals surface area contributed by atoms with Crippen LogP contribution in [0.25, 0.3) is 0 Å². The molecule has 1 aliphatic heterocycles. The topological polar surface area (TPSA) is 87.8 Å². The van der Waals surface area contributed by atoms with Gasteiger partial charge in [0, 0.05) is 17.1 Å². The zero-order valence-electron chi connectivity index (χ0n) is 16.0. The third kappa shape index (κ3) is 3.50. The van der Waals surface area contributed by atoms with Crippen molar-refractivity contribution in [1.29, 1.82) is 0 Å². The number of amides is 2. The Morgan fingerprint density at radius 3 is 2.62 bits per heavy atom. The van der Waals surface area contributed by atoms with Crippen LogP contribution < -0.4 is 10.5 Å². The molecule has 29 heavy (non-hydrogen) atoms. The zero-order valence-corrected chi connectivity index (χ0v) is 17.6. The summed E-state index contributed by atoms with van der Waals surface area (Å²) in [6.07, 6.45) is 6.04. The molecular weight excluding hydrogens is 411 g/mol. The fourth-order valence-corrected chi connectivity index (χ4v) is 6.75. The minimum absolute atomic E-state index is 0.158. The number of thiophene rings is 1. The molecule has 2 aliphatic carbocycles. The van der Waals surface area contributed by atoms with Crippen LogP contribution in [0.4, 0.5) is 14.9 Å². The lowest BCUT2D eigenvalue weighted by atomic mass is 9.83. The van der Waals surface area contributed by atoms with Crippen molar-refractivity contribution in [2.45, 2.75) is 49.3 Å². The van der Waals surface area contributed by atoms with Crippen LogP contribution in [0.15, 0.2) is 20.7 Å². The number of hydrogen-bond acceptors (Lipinski definition) is 4. The maximum absolute atomic E-state index is 14.4. The highest BCUT2D eigenvalue weighted by atomic mass is 32.2. The standard InChI is InChI=1S/C20H23FN4O2S2/c21-17-10-14(11-25-7-2-8-25)28-19(17)29(22,27)24-20(26)23-18-15-4-1-3-12(15)9-13-5-6-16(13)18/h9-10H,1-8,11H2,(H3,22,23,24,26,27)/t29-/m0/s1. The number of urea groups is 1. The van der Waals surface area contributed by atoms with Gasteiger partial charge in [0.15, 0.2) is 19.9 Å². The lowest BCUT2D eigenvalue weighted by molar-refractivity contribution is 0.174. The van der Waals surface area contributed by atoms with E-state index in [1.807, 2.05) is 0 Å². The normalized spacial score (nSPS) is 19.5. The number of nitrogens with one attached hydrogen (secondary N) is 1. The Morgan fingerprint density at radius 1 is 1.17 bits per heavy atom. The van der Waals surface area contributed by atoms with E-state index in [0.29, 0.717) is 6.54 Å². The van der Waals surface area contributed by atoms with E-state index in [1.54, 1.807) is 0 Å². The van der Waals surface area contributed by atoms with E-state index in [9.17, 15) is 13.4 Å². The molecule has 0 spiro atoms. The van der Waals surface area contributed by atoms with Gasteiger partial charge < -0.3 is 5.32 Å². The van der Waals surface area contributed by atoms with Crippen molar-refractivity contribution in [2.75, 3.05) is 18.4 Å². The van der Waals surface area contributed by atoms with Crippen molar-refractivity contribution < 1.29 is 13.4 Å². The van der Waals surface area contributed by atoms with Crippen LogP contribution in [0.5, 0.6) is 0 Å². The smallest absolute Gasteiger partial charge is 0.305 e. The molecule has 0 radical (unpaired) electrons. The van der Waals surface area contributed by atoms with E-state index in [2.05, 4.69) is 20.6 Å². The number of anilines is 1. The second-order valence-electron chi connectivity index (χ2n) is 7.95. The van der Waals surface area contributed by atoms with Crippen molar-refractivity contribution in [1.82, 2.24) is 4.90 Å². The first-order chi connectivity index (χ1) is 13.9. The van der Waals surface area contributed by atoms with Crippen molar-refractivity contribution in [3.63, 3.8) is 0 Å². The monoisotopic (exact) mass is 434 g/mol. The largest absolute Gasteiger partial charge is 0.354 e. The van der Waals surface area contributed by atoms with Crippen LogP contribution in [-0.2, 0) is 42.1 Å². The number of rotatable bonds is 4. The number of benzene rings is 1. The van der Waals surface area contributed by atoms with Gasteiger partial charge >= 0.3 is 6.03 Å². The van der Waals surface area contributed by atoms with Gasteiger partial charge in [-0.25, -0.2) is 18.5 Å². The molecule has 5 rings (SSSR count). The second-order valence-corrected chi connectivity index (χ2v) is 11.1. The summed E-state index contributed by atoms with van der Waals surface area (Å²) >= 11 is 1.04. The summed E-state index contributed by atoms with van der Waals surface area (Å²) in [5.41, 5.74) is 5.61. The Hall–Kier alpha value is -1.81. The van der Waals surface area contributed by atoms with E-state index >= 15 is 0 Å². The summed E-state index contributed by atoms with van der Waals surface area (Å²) < 4.78 is 30.8. The Bertz CT molecular complexity index is 1130. The number of carbonyl (C=O) groups is 1. The SMILES string of the molecule is N[S@](=O)(=NC(=O)Nc1c2c(cc3c1CC3)CCC2)c1sc(CN2CCC2)cc1F. The highest BCUT2D eigenvalue weighted by Crippen LogP contribution is 2.39. The molecule has 3 N–H and O–H groups in total. The third-order valence-corrected chi connectivity index (χ3v) is 9.01. The molecule has 1 atom stereocenters. The predicted molar refractivity (Wildman–Crippen MR) is 112 cm³/mol. The first-order valence-corrected chi connectivity index (χ1v) is 12.3. The maximum atomic E-state index is 14.4. The Kier molecular flexibility index (Phi) is 4.73. The number of halogens is 1. The van der Waals surface area contributed by atoms with E-state index < -0.39 is 21.8 Å². The number of nitrogens with two attached hydrogens (primary N) is 1. The summed E-state index contributed by atoms with van der Waals surface area (Å²) in [4.78, 5) is 15.5. The zero-order chi connectivity index (χ0) is 20.2. The van der Waals surface area contributed by atoms with Crippen LogP contribution in [0.3, 0.4) is 0 Å². The van der Waals surface area contributed by atoms with Crippen LogP contribution in [-0.4, -0.2) is 28.2 Å². The summed E-state index contributed by atoms with van der Waals surface area (Å²) in [7, 11) is -3.65. The van der Waals surface area contributed by atoms with Crippen molar-refractivity contribution in [3.8, 4) is 0 Å². The molecule has 0 bridgehead atoms. The quantitative estimate of drug-likeness (QED) is 0.771. The van der Waals surface area contributed by atoms with E-state index in [-0.39, 0.29) is 4.21 Å². The fourth-order valence-electron chi connectivity index (χ4n) is 4.32. The molecule has 9 heteroatoms. The summed E-state index contributed by atoms with van der Waals surface area (Å²) in [6, 6.07) is 2.81. The van der Waals surface area contributed by atoms with E-state index in [4.69, 9.17) is 5.14 Å². The molecule has 0 unspecified atom stereocenters. The average Bonchev–Trinajstić information content (AvgIpc) is 3.20. The van der Waals surface area contributed by atoms with Crippen LogP contribution in [0.2, 0.25) is 0 Å². The molecule has 0 saturated carbocycles. The molecule has 1 aromatic carbocycles. The van der Waals surface area contributed by atoms with Gasteiger partial charge in [0.1, 0.15) is 0 Å². The van der Waals surface area contributed by atoms with Crippen LogP contribution in [0, 0.1) is 5.82 Å². The molecule has 1 saturated heterocycles. The van der Waals surface area contributed by atoms with Gasteiger partial charge in [0.2, 0.25) is 0 Å². The first-order valence-electron chi connectivity index (χ1n) is 9.94. The minimum Gasteiger partial charge on any atom is -0.305 e. The van der Waals surface area contributed by atoms with E-state index in [0.717, 1.165) is 84.6 Å². The number of carbonyl (C=O) groups excluding carboxylic acids is 1. The number of hydrogen-bond donors (Lipinski definition) is 2. The first kappa shape index (κ1) is 19.2. The lowest BCUT2D eigenvalue weighted by Gasteiger charge is -2.29. The predicted octanol–water partition coefficient (Wildman–Crippen LogP) is 3.61. The summed E-state index contributed by atoms with van der Waals surface area (Å²) in [5.74, 6) is -0.653. The number of aryl methyl sites for hydroxylation is 2. The second kappa shape index (κ2) is 7.16. The molecule has 1 fully saturated rings. The molecule has 2 amide bonds. The Morgan fingerprint density at radius 2 is 1.93 bits per heavy atom. The van der Waals surface area contributed by atoms with Gasteiger partial charge in [-0.2, -0.15) is 0 Å².